The highest BCUT2D eigenvalue weighted by Crippen LogP contribution is 2.54. The van der Waals surface area contributed by atoms with Gasteiger partial charge >= 0.3 is 0 Å². The zero-order chi connectivity index (χ0) is 15.5. The normalized spacial score (nSPS) is 37.4. The second-order valence-corrected chi connectivity index (χ2v) is 8.02. The molecular weight excluding hydrogens is 272 g/mol. The van der Waals surface area contributed by atoms with Crippen molar-refractivity contribution in [1.29, 1.82) is 0 Å². The fourth-order valence-corrected chi connectivity index (χ4v) is 5.67. The van der Waals surface area contributed by atoms with Gasteiger partial charge in [-0.2, -0.15) is 0 Å². The standard InChI is InChI=1S/C20H32O2/c1-2-3-4-5-6-7-9-15-13-12-14-10-8-11-16-17(14)18(15)20(22)19(16)21/h14-18H,2-13H2,1H3. The van der Waals surface area contributed by atoms with Crippen LogP contribution in [0.5, 0.6) is 0 Å². The minimum Gasteiger partial charge on any atom is -0.291 e. The number of rotatable bonds is 7. The predicted molar refractivity (Wildman–Crippen MR) is 88.5 cm³/mol. The lowest BCUT2D eigenvalue weighted by atomic mass is 9.60. The number of carbonyl (C=O) groups is 2. The Morgan fingerprint density at radius 3 is 2.45 bits per heavy atom. The van der Waals surface area contributed by atoms with Gasteiger partial charge in [-0.05, 0) is 43.4 Å². The molecule has 0 aromatic carbocycles. The predicted octanol–water partition coefficient (Wildman–Crippen LogP) is 4.95. The second kappa shape index (κ2) is 7.27. The molecule has 2 heteroatoms. The van der Waals surface area contributed by atoms with Gasteiger partial charge < -0.3 is 0 Å². The Kier molecular flexibility index (Phi) is 5.36. The molecule has 0 bridgehead atoms. The lowest BCUT2D eigenvalue weighted by Crippen LogP contribution is -2.38. The molecule has 0 heterocycles. The molecule has 3 aliphatic rings. The highest BCUT2D eigenvalue weighted by Gasteiger charge is 2.57. The van der Waals surface area contributed by atoms with Gasteiger partial charge in [-0.3, -0.25) is 9.59 Å². The number of hydrogen-bond donors (Lipinski definition) is 0. The van der Waals surface area contributed by atoms with Crippen LogP contribution in [-0.4, -0.2) is 11.6 Å². The lowest BCUT2D eigenvalue weighted by molar-refractivity contribution is -0.137. The van der Waals surface area contributed by atoms with Gasteiger partial charge in [-0.1, -0.05) is 58.3 Å². The molecule has 0 radical (unpaired) electrons. The molecule has 124 valence electrons. The third-order valence-electron chi connectivity index (χ3n) is 6.74. The Morgan fingerprint density at radius 1 is 0.864 bits per heavy atom. The van der Waals surface area contributed by atoms with Gasteiger partial charge in [0.1, 0.15) is 0 Å². The van der Waals surface area contributed by atoms with Crippen molar-refractivity contribution in [2.24, 2.45) is 29.6 Å². The number of unbranched alkanes of at least 4 members (excludes halogenated alkanes) is 5. The van der Waals surface area contributed by atoms with E-state index in [-0.39, 0.29) is 23.4 Å². The monoisotopic (exact) mass is 304 g/mol. The fourth-order valence-electron chi connectivity index (χ4n) is 5.67. The van der Waals surface area contributed by atoms with Crippen LogP contribution in [0.15, 0.2) is 0 Å². The van der Waals surface area contributed by atoms with Crippen molar-refractivity contribution < 1.29 is 9.59 Å². The number of carbonyl (C=O) groups excluding carboxylic acids is 2. The molecule has 3 saturated carbocycles. The van der Waals surface area contributed by atoms with E-state index in [0.29, 0.717) is 17.8 Å². The summed E-state index contributed by atoms with van der Waals surface area (Å²) in [5.41, 5.74) is 0. The lowest BCUT2D eigenvalue weighted by Gasteiger charge is -2.43. The van der Waals surface area contributed by atoms with Gasteiger partial charge in [-0.15, -0.1) is 0 Å². The molecule has 0 N–H and O–H groups in total. The number of Topliss-reactive ketones (excluding diaryl/α,β-unsaturated/α-hetero) is 2. The highest BCUT2D eigenvalue weighted by atomic mass is 16.2. The van der Waals surface area contributed by atoms with Crippen LogP contribution < -0.4 is 0 Å². The first-order valence-electron chi connectivity index (χ1n) is 9.82. The Hall–Kier alpha value is -0.660. The van der Waals surface area contributed by atoms with Crippen molar-refractivity contribution >= 4 is 11.6 Å². The summed E-state index contributed by atoms with van der Waals surface area (Å²) in [6, 6.07) is 0. The fraction of sp³-hybridized carbons (Fsp3) is 0.900. The molecule has 0 aliphatic heterocycles. The summed E-state index contributed by atoms with van der Waals surface area (Å²) in [5.74, 6) is 1.91. The average Bonchev–Trinajstić information content (AvgIpc) is 2.80. The van der Waals surface area contributed by atoms with Crippen LogP contribution in [0.25, 0.3) is 0 Å². The van der Waals surface area contributed by atoms with Crippen LogP contribution in [0.3, 0.4) is 0 Å². The maximum Gasteiger partial charge on any atom is 0.202 e. The largest absolute Gasteiger partial charge is 0.291 e. The van der Waals surface area contributed by atoms with Crippen LogP contribution in [0.4, 0.5) is 0 Å². The molecule has 0 amide bonds. The van der Waals surface area contributed by atoms with E-state index in [0.717, 1.165) is 6.42 Å². The highest BCUT2D eigenvalue weighted by molar-refractivity contribution is 6.41. The zero-order valence-electron chi connectivity index (χ0n) is 14.2. The molecule has 0 saturated heterocycles. The van der Waals surface area contributed by atoms with Crippen molar-refractivity contribution in [3.8, 4) is 0 Å². The summed E-state index contributed by atoms with van der Waals surface area (Å²) < 4.78 is 0. The third kappa shape index (κ3) is 3.03. The minimum atomic E-state index is 0.00884. The topological polar surface area (TPSA) is 34.1 Å². The van der Waals surface area contributed by atoms with E-state index in [9.17, 15) is 9.59 Å². The van der Waals surface area contributed by atoms with E-state index in [1.165, 1.54) is 70.6 Å². The summed E-state index contributed by atoms with van der Waals surface area (Å²) in [5, 5.41) is 0. The maximum absolute atomic E-state index is 12.5. The molecule has 5 atom stereocenters. The summed E-state index contributed by atoms with van der Waals surface area (Å²) in [6.45, 7) is 2.25. The molecular formula is C20H32O2. The van der Waals surface area contributed by atoms with Crippen molar-refractivity contribution in [1.82, 2.24) is 0 Å². The molecule has 5 unspecified atom stereocenters. The molecule has 3 rings (SSSR count). The van der Waals surface area contributed by atoms with E-state index in [1.807, 2.05) is 0 Å². The van der Waals surface area contributed by atoms with E-state index in [1.54, 1.807) is 0 Å². The molecule has 3 fully saturated rings. The van der Waals surface area contributed by atoms with E-state index >= 15 is 0 Å². The quantitative estimate of drug-likeness (QED) is 0.493. The maximum atomic E-state index is 12.5. The van der Waals surface area contributed by atoms with Gasteiger partial charge in [-0.25, -0.2) is 0 Å². The van der Waals surface area contributed by atoms with Crippen molar-refractivity contribution in [2.75, 3.05) is 0 Å². The van der Waals surface area contributed by atoms with Crippen LogP contribution in [0.2, 0.25) is 0 Å². The first-order chi connectivity index (χ1) is 10.7. The van der Waals surface area contributed by atoms with Crippen LogP contribution in [0.1, 0.15) is 84.0 Å². The summed E-state index contributed by atoms with van der Waals surface area (Å²) >= 11 is 0. The first-order valence-corrected chi connectivity index (χ1v) is 9.82. The average molecular weight is 304 g/mol. The van der Waals surface area contributed by atoms with Crippen molar-refractivity contribution in [2.45, 2.75) is 84.0 Å². The van der Waals surface area contributed by atoms with Crippen LogP contribution >= 0.6 is 0 Å². The zero-order valence-corrected chi connectivity index (χ0v) is 14.2. The molecule has 0 aromatic rings. The summed E-state index contributed by atoms with van der Waals surface area (Å²) in [4.78, 5) is 24.8. The smallest absolute Gasteiger partial charge is 0.202 e. The van der Waals surface area contributed by atoms with Crippen LogP contribution in [-0.2, 0) is 9.59 Å². The Labute approximate surface area is 135 Å². The first kappa shape index (κ1) is 16.2. The van der Waals surface area contributed by atoms with Crippen molar-refractivity contribution in [3.05, 3.63) is 0 Å². The molecule has 2 nitrogen and oxygen atoms in total. The Balaban J connectivity index is 1.55. The minimum absolute atomic E-state index is 0.00884. The summed E-state index contributed by atoms with van der Waals surface area (Å²) in [7, 11) is 0. The number of ketones is 2. The van der Waals surface area contributed by atoms with E-state index in [2.05, 4.69) is 6.92 Å². The van der Waals surface area contributed by atoms with Gasteiger partial charge in [0.05, 0.1) is 0 Å². The Morgan fingerprint density at radius 2 is 1.64 bits per heavy atom. The molecule has 0 spiro atoms. The molecule has 3 aliphatic carbocycles. The Bertz CT molecular complexity index is 414. The van der Waals surface area contributed by atoms with E-state index in [4.69, 9.17) is 0 Å². The second-order valence-electron chi connectivity index (χ2n) is 8.02. The van der Waals surface area contributed by atoms with Gasteiger partial charge in [0.15, 0.2) is 0 Å². The SMILES string of the molecule is CCCCCCCCC1CCC2CCCC3C(=O)C(=O)C1C23. The number of hydrogen-bond acceptors (Lipinski definition) is 2. The van der Waals surface area contributed by atoms with Crippen LogP contribution in [0, 0.1) is 29.6 Å². The third-order valence-corrected chi connectivity index (χ3v) is 6.74. The van der Waals surface area contributed by atoms with E-state index < -0.39 is 0 Å². The van der Waals surface area contributed by atoms with Gasteiger partial charge in [0.2, 0.25) is 11.6 Å². The molecule has 22 heavy (non-hydrogen) atoms. The van der Waals surface area contributed by atoms with Gasteiger partial charge in [0, 0.05) is 11.8 Å². The van der Waals surface area contributed by atoms with Crippen molar-refractivity contribution in [3.63, 3.8) is 0 Å². The van der Waals surface area contributed by atoms with Gasteiger partial charge in [0.25, 0.3) is 0 Å². The molecule has 0 aromatic heterocycles. The summed E-state index contributed by atoms with van der Waals surface area (Å²) in [6.07, 6.45) is 15.0.